The molecule has 0 saturated carbocycles. The van der Waals surface area contributed by atoms with Crippen molar-refractivity contribution in [2.45, 2.75) is 26.8 Å². The predicted octanol–water partition coefficient (Wildman–Crippen LogP) is 3.00. The van der Waals surface area contributed by atoms with Gasteiger partial charge in [-0.3, -0.25) is 0 Å². The molecule has 0 amide bonds. The fraction of sp³-hybridized carbons (Fsp3) is 0.500. The maximum Gasteiger partial charge on any atom is 0.338 e. The van der Waals surface area contributed by atoms with Crippen LogP contribution in [0.1, 0.15) is 36.2 Å². The van der Waals surface area contributed by atoms with Crippen molar-refractivity contribution in [3.8, 4) is 0 Å². The summed E-state index contributed by atoms with van der Waals surface area (Å²) in [6, 6.07) is 4.26. The van der Waals surface area contributed by atoms with E-state index in [-0.39, 0.29) is 5.56 Å². The maximum atomic E-state index is 13.2. The Morgan fingerprint density at radius 2 is 2.17 bits per heavy atom. The fourth-order valence-corrected chi connectivity index (χ4v) is 1.87. The van der Waals surface area contributed by atoms with Gasteiger partial charge in [0.2, 0.25) is 0 Å². The Morgan fingerprint density at radius 3 is 2.72 bits per heavy atom. The monoisotopic (exact) mass is 253 g/mol. The van der Waals surface area contributed by atoms with Gasteiger partial charge in [-0.1, -0.05) is 26.3 Å². The van der Waals surface area contributed by atoms with E-state index >= 15 is 0 Å². The number of aromatic carboxylic acids is 1. The molecule has 1 aromatic carbocycles. The summed E-state index contributed by atoms with van der Waals surface area (Å²) in [7, 11) is 1.98. The molecule has 1 aromatic rings. The molecule has 0 radical (unpaired) electrons. The van der Waals surface area contributed by atoms with Crippen LogP contribution in [-0.2, 0) is 6.54 Å². The number of hydrogen-bond acceptors (Lipinski definition) is 2. The van der Waals surface area contributed by atoms with Gasteiger partial charge in [0.25, 0.3) is 0 Å². The molecule has 0 aliphatic heterocycles. The quantitative estimate of drug-likeness (QED) is 0.847. The molecule has 1 rings (SSSR count). The lowest BCUT2D eigenvalue weighted by atomic mass is 10.1. The first-order valence-corrected chi connectivity index (χ1v) is 6.14. The number of benzene rings is 1. The molecule has 1 N–H and O–H groups in total. The molecular formula is C14H20FNO2. The standard InChI is InChI=1S/C14H20FNO2/c1-4-10(2)8-16(3)9-11-5-6-13(15)12(7-11)14(17)18/h5-7,10H,4,8-9H2,1-3H3,(H,17,18). The van der Waals surface area contributed by atoms with Crippen LogP contribution in [0.15, 0.2) is 18.2 Å². The molecule has 3 nitrogen and oxygen atoms in total. The molecule has 0 aliphatic carbocycles. The molecule has 0 fully saturated rings. The van der Waals surface area contributed by atoms with Gasteiger partial charge >= 0.3 is 5.97 Å². The summed E-state index contributed by atoms with van der Waals surface area (Å²) in [5.41, 5.74) is 0.559. The molecule has 0 spiro atoms. The van der Waals surface area contributed by atoms with Gasteiger partial charge in [0.15, 0.2) is 0 Å². The summed E-state index contributed by atoms with van der Waals surface area (Å²) in [4.78, 5) is 12.9. The number of carbonyl (C=O) groups is 1. The summed E-state index contributed by atoms with van der Waals surface area (Å²) in [6.07, 6.45) is 1.11. The van der Waals surface area contributed by atoms with E-state index in [2.05, 4.69) is 18.7 Å². The van der Waals surface area contributed by atoms with Gasteiger partial charge < -0.3 is 10.0 Å². The Morgan fingerprint density at radius 1 is 1.50 bits per heavy atom. The third kappa shape index (κ3) is 4.11. The average molecular weight is 253 g/mol. The zero-order chi connectivity index (χ0) is 13.7. The van der Waals surface area contributed by atoms with Crippen molar-refractivity contribution in [2.75, 3.05) is 13.6 Å². The molecule has 1 unspecified atom stereocenters. The van der Waals surface area contributed by atoms with Crippen LogP contribution in [-0.4, -0.2) is 29.6 Å². The smallest absolute Gasteiger partial charge is 0.338 e. The first kappa shape index (κ1) is 14.6. The van der Waals surface area contributed by atoms with Crippen LogP contribution in [0.5, 0.6) is 0 Å². The van der Waals surface area contributed by atoms with Gasteiger partial charge in [0.1, 0.15) is 5.82 Å². The number of halogens is 1. The molecule has 0 aromatic heterocycles. The van der Waals surface area contributed by atoms with Gasteiger partial charge in [0.05, 0.1) is 5.56 Å². The summed E-state index contributed by atoms with van der Waals surface area (Å²) < 4.78 is 13.2. The van der Waals surface area contributed by atoms with Crippen molar-refractivity contribution in [2.24, 2.45) is 5.92 Å². The normalized spacial score (nSPS) is 12.7. The number of carboxylic acids is 1. The van der Waals surface area contributed by atoms with E-state index in [1.165, 1.54) is 12.1 Å². The Labute approximate surface area is 107 Å². The Bertz CT molecular complexity index is 420. The predicted molar refractivity (Wildman–Crippen MR) is 69.1 cm³/mol. The third-order valence-electron chi connectivity index (χ3n) is 3.03. The second-order valence-corrected chi connectivity index (χ2v) is 4.83. The molecule has 18 heavy (non-hydrogen) atoms. The van der Waals surface area contributed by atoms with E-state index in [0.717, 1.165) is 18.5 Å². The fourth-order valence-electron chi connectivity index (χ4n) is 1.87. The highest BCUT2D eigenvalue weighted by Crippen LogP contribution is 2.13. The number of nitrogens with zero attached hydrogens (tertiary/aromatic N) is 1. The third-order valence-corrected chi connectivity index (χ3v) is 3.03. The molecule has 0 aliphatic rings. The zero-order valence-electron chi connectivity index (χ0n) is 11.1. The highest BCUT2D eigenvalue weighted by atomic mass is 19.1. The second kappa shape index (κ2) is 6.50. The largest absolute Gasteiger partial charge is 0.478 e. The van der Waals surface area contributed by atoms with Crippen LogP contribution < -0.4 is 0 Å². The highest BCUT2D eigenvalue weighted by Gasteiger charge is 2.12. The van der Waals surface area contributed by atoms with Gasteiger partial charge in [-0.25, -0.2) is 9.18 Å². The van der Waals surface area contributed by atoms with Gasteiger partial charge in [-0.2, -0.15) is 0 Å². The average Bonchev–Trinajstić information content (AvgIpc) is 2.31. The number of rotatable bonds is 6. The van der Waals surface area contributed by atoms with E-state index in [1.807, 2.05) is 7.05 Å². The van der Waals surface area contributed by atoms with E-state index in [4.69, 9.17) is 5.11 Å². The molecular weight excluding hydrogens is 233 g/mol. The molecule has 1 atom stereocenters. The van der Waals surface area contributed by atoms with Gasteiger partial charge in [-0.15, -0.1) is 0 Å². The van der Waals surface area contributed by atoms with Crippen molar-refractivity contribution in [3.05, 3.63) is 35.1 Å². The summed E-state index contributed by atoms with van der Waals surface area (Å²) >= 11 is 0. The first-order chi connectivity index (χ1) is 8.43. The van der Waals surface area contributed by atoms with E-state index in [9.17, 15) is 9.18 Å². The summed E-state index contributed by atoms with van der Waals surface area (Å²) in [5, 5.41) is 8.85. The molecule has 0 bridgehead atoms. The van der Waals surface area contributed by atoms with E-state index < -0.39 is 11.8 Å². The van der Waals surface area contributed by atoms with Crippen molar-refractivity contribution in [1.29, 1.82) is 0 Å². The molecule has 4 heteroatoms. The van der Waals surface area contributed by atoms with E-state index in [1.54, 1.807) is 6.07 Å². The lowest BCUT2D eigenvalue weighted by Gasteiger charge is -2.20. The SMILES string of the molecule is CCC(C)CN(C)Cc1ccc(F)c(C(=O)O)c1. The van der Waals surface area contributed by atoms with Gasteiger partial charge in [-0.05, 0) is 30.7 Å². The van der Waals surface area contributed by atoms with Crippen LogP contribution in [0.2, 0.25) is 0 Å². The Hall–Kier alpha value is -1.42. The number of hydrogen-bond donors (Lipinski definition) is 1. The van der Waals surface area contributed by atoms with Crippen molar-refractivity contribution >= 4 is 5.97 Å². The highest BCUT2D eigenvalue weighted by molar-refractivity contribution is 5.88. The van der Waals surface area contributed by atoms with Crippen molar-refractivity contribution in [3.63, 3.8) is 0 Å². The Balaban J connectivity index is 2.73. The summed E-state index contributed by atoms with van der Waals surface area (Å²) in [5.74, 6) is -1.32. The first-order valence-electron chi connectivity index (χ1n) is 6.14. The maximum absolute atomic E-state index is 13.2. The van der Waals surface area contributed by atoms with Crippen LogP contribution in [0, 0.1) is 11.7 Å². The van der Waals surface area contributed by atoms with Crippen molar-refractivity contribution < 1.29 is 14.3 Å². The lowest BCUT2D eigenvalue weighted by Crippen LogP contribution is -2.23. The summed E-state index contributed by atoms with van der Waals surface area (Å²) in [6.45, 7) is 5.88. The van der Waals surface area contributed by atoms with Crippen LogP contribution >= 0.6 is 0 Å². The van der Waals surface area contributed by atoms with Gasteiger partial charge in [0, 0.05) is 13.1 Å². The minimum Gasteiger partial charge on any atom is -0.478 e. The lowest BCUT2D eigenvalue weighted by molar-refractivity contribution is 0.0691. The van der Waals surface area contributed by atoms with Crippen LogP contribution in [0.25, 0.3) is 0 Å². The van der Waals surface area contributed by atoms with Crippen LogP contribution in [0.4, 0.5) is 4.39 Å². The topological polar surface area (TPSA) is 40.5 Å². The number of carboxylic acid groups (broad SMARTS) is 1. The zero-order valence-corrected chi connectivity index (χ0v) is 11.1. The molecule has 0 heterocycles. The minimum atomic E-state index is -1.22. The molecule has 100 valence electrons. The second-order valence-electron chi connectivity index (χ2n) is 4.83. The van der Waals surface area contributed by atoms with E-state index in [0.29, 0.717) is 12.5 Å². The Kier molecular flexibility index (Phi) is 5.28. The van der Waals surface area contributed by atoms with Crippen LogP contribution in [0.3, 0.4) is 0 Å². The minimum absolute atomic E-state index is 0.260. The van der Waals surface area contributed by atoms with Crippen molar-refractivity contribution in [1.82, 2.24) is 4.90 Å². The molecule has 0 saturated heterocycles.